The van der Waals surface area contributed by atoms with Crippen molar-refractivity contribution in [2.45, 2.75) is 6.54 Å². The number of likely N-dealkylation sites (N-methyl/N-ethyl adjacent to an activating group) is 1. The van der Waals surface area contributed by atoms with Crippen LogP contribution in [-0.2, 0) is 6.54 Å². The standard InChI is InChI=1S/C17H22N4O2/c1-20(2)9-10-21(13-14-5-3-7-16(22)11-14)17(23)19-15-6-4-8-18-12-15/h3-8,11-12,22H,9-10,13H2,1-2H3,(H,19,23). The van der Waals surface area contributed by atoms with Gasteiger partial charge in [-0.1, -0.05) is 12.1 Å². The smallest absolute Gasteiger partial charge is 0.322 e. The van der Waals surface area contributed by atoms with Gasteiger partial charge in [-0.05, 0) is 43.9 Å². The molecule has 0 saturated heterocycles. The molecular formula is C17H22N4O2. The van der Waals surface area contributed by atoms with Gasteiger partial charge in [-0.2, -0.15) is 0 Å². The molecule has 2 amide bonds. The van der Waals surface area contributed by atoms with E-state index in [1.54, 1.807) is 47.6 Å². The number of carbonyl (C=O) groups excluding carboxylic acids is 1. The Morgan fingerprint density at radius 1 is 1.22 bits per heavy atom. The van der Waals surface area contributed by atoms with Gasteiger partial charge >= 0.3 is 6.03 Å². The highest BCUT2D eigenvalue weighted by Crippen LogP contribution is 2.14. The van der Waals surface area contributed by atoms with Gasteiger partial charge in [-0.15, -0.1) is 0 Å². The molecule has 0 aliphatic carbocycles. The fourth-order valence-electron chi connectivity index (χ4n) is 2.09. The van der Waals surface area contributed by atoms with E-state index in [9.17, 15) is 9.90 Å². The number of phenols is 1. The van der Waals surface area contributed by atoms with Crippen molar-refractivity contribution >= 4 is 11.7 Å². The lowest BCUT2D eigenvalue weighted by Crippen LogP contribution is -2.39. The second kappa shape index (κ2) is 8.14. The van der Waals surface area contributed by atoms with Crippen LogP contribution in [0.2, 0.25) is 0 Å². The fraction of sp³-hybridized carbons (Fsp3) is 0.294. The van der Waals surface area contributed by atoms with E-state index in [1.807, 2.05) is 25.1 Å². The fourth-order valence-corrected chi connectivity index (χ4v) is 2.09. The Kier molecular flexibility index (Phi) is 5.94. The van der Waals surface area contributed by atoms with E-state index in [0.29, 0.717) is 18.8 Å². The summed E-state index contributed by atoms with van der Waals surface area (Å²) in [6.45, 7) is 1.75. The maximum absolute atomic E-state index is 12.5. The number of amides is 2. The lowest BCUT2D eigenvalue weighted by molar-refractivity contribution is 0.202. The molecular weight excluding hydrogens is 292 g/mol. The molecule has 0 unspecified atom stereocenters. The molecule has 0 spiro atoms. The van der Waals surface area contributed by atoms with Crippen LogP contribution in [0, 0.1) is 0 Å². The average molecular weight is 314 g/mol. The van der Waals surface area contributed by atoms with Crippen LogP contribution >= 0.6 is 0 Å². The number of hydrogen-bond acceptors (Lipinski definition) is 4. The molecule has 0 aliphatic heterocycles. The summed E-state index contributed by atoms with van der Waals surface area (Å²) in [6.07, 6.45) is 3.27. The van der Waals surface area contributed by atoms with Crippen molar-refractivity contribution in [2.24, 2.45) is 0 Å². The third kappa shape index (κ3) is 5.60. The van der Waals surface area contributed by atoms with Gasteiger partial charge in [0.05, 0.1) is 11.9 Å². The zero-order valence-corrected chi connectivity index (χ0v) is 13.4. The Bertz CT molecular complexity index is 632. The number of aromatic hydroxyl groups is 1. The van der Waals surface area contributed by atoms with Crippen LogP contribution in [0.4, 0.5) is 10.5 Å². The molecule has 1 aromatic carbocycles. The van der Waals surface area contributed by atoms with Crippen LogP contribution < -0.4 is 5.32 Å². The SMILES string of the molecule is CN(C)CCN(Cc1cccc(O)c1)C(=O)Nc1cccnc1. The van der Waals surface area contributed by atoms with Crippen molar-refractivity contribution in [3.8, 4) is 5.75 Å². The minimum Gasteiger partial charge on any atom is -0.508 e. The summed E-state index contributed by atoms with van der Waals surface area (Å²) < 4.78 is 0. The topological polar surface area (TPSA) is 68.7 Å². The minimum absolute atomic E-state index is 0.191. The number of pyridine rings is 1. The van der Waals surface area contributed by atoms with E-state index in [0.717, 1.165) is 12.1 Å². The number of benzene rings is 1. The molecule has 0 radical (unpaired) electrons. The molecule has 6 nitrogen and oxygen atoms in total. The van der Waals surface area contributed by atoms with Gasteiger partial charge in [0.2, 0.25) is 0 Å². The Morgan fingerprint density at radius 3 is 2.70 bits per heavy atom. The van der Waals surface area contributed by atoms with Crippen LogP contribution in [0.3, 0.4) is 0 Å². The summed E-state index contributed by atoms with van der Waals surface area (Å²) in [5.74, 6) is 0.197. The van der Waals surface area contributed by atoms with Gasteiger partial charge in [0.1, 0.15) is 5.75 Å². The molecule has 1 aromatic heterocycles. The number of aromatic nitrogens is 1. The largest absolute Gasteiger partial charge is 0.508 e. The summed E-state index contributed by atoms with van der Waals surface area (Å²) in [5.41, 5.74) is 1.54. The zero-order valence-electron chi connectivity index (χ0n) is 13.4. The van der Waals surface area contributed by atoms with Crippen LogP contribution in [0.15, 0.2) is 48.8 Å². The minimum atomic E-state index is -0.191. The molecule has 2 rings (SSSR count). The predicted octanol–water partition coefficient (Wildman–Crippen LogP) is 2.38. The molecule has 0 saturated carbocycles. The van der Waals surface area contributed by atoms with Gasteiger partial charge < -0.3 is 20.2 Å². The monoisotopic (exact) mass is 314 g/mol. The number of anilines is 1. The third-order valence-electron chi connectivity index (χ3n) is 3.30. The Morgan fingerprint density at radius 2 is 2.04 bits per heavy atom. The first-order valence-electron chi connectivity index (χ1n) is 7.43. The lowest BCUT2D eigenvalue weighted by atomic mass is 10.2. The lowest BCUT2D eigenvalue weighted by Gasteiger charge is -2.25. The van der Waals surface area contributed by atoms with Crippen molar-refractivity contribution in [1.82, 2.24) is 14.8 Å². The number of carbonyl (C=O) groups is 1. The average Bonchev–Trinajstić information content (AvgIpc) is 2.52. The number of phenolic OH excluding ortho intramolecular Hbond substituents is 1. The van der Waals surface area contributed by atoms with Crippen molar-refractivity contribution in [3.63, 3.8) is 0 Å². The molecule has 1 heterocycles. The van der Waals surface area contributed by atoms with Gasteiger partial charge in [0.15, 0.2) is 0 Å². The summed E-state index contributed by atoms with van der Waals surface area (Å²) in [5, 5.41) is 12.4. The summed E-state index contributed by atoms with van der Waals surface area (Å²) in [7, 11) is 3.93. The van der Waals surface area contributed by atoms with E-state index in [1.165, 1.54) is 0 Å². The van der Waals surface area contributed by atoms with Crippen LogP contribution in [0.25, 0.3) is 0 Å². The van der Waals surface area contributed by atoms with Crippen molar-refractivity contribution in [2.75, 3.05) is 32.5 Å². The third-order valence-corrected chi connectivity index (χ3v) is 3.30. The summed E-state index contributed by atoms with van der Waals surface area (Å²) in [4.78, 5) is 20.2. The van der Waals surface area contributed by atoms with Crippen molar-refractivity contribution < 1.29 is 9.90 Å². The van der Waals surface area contributed by atoms with E-state index in [2.05, 4.69) is 10.3 Å². The van der Waals surface area contributed by atoms with E-state index < -0.39 is 0 Å². The first-order chi connectivity index (χ1) is 11.0. The number of nitrogens with one attached hydrogen (secondary N) is 1. The zero-order chi connectivity index (χ0) is 16.7. The predicted molar refractivity (Wildman–Crippen MR) is 90.3 cm³/mol. The first kappa shape index (κ1) is 16.8. The second-order valence-corrected chi connectivity index (χ2v) is 5.57. The molecule has 0 bridgehead atoms. The number of nitrogens with zero attached hydrogens (tertiary/aromatic N) is 3. The highest BCUT2D eigenvalue weighted by atomic mass is 16.3. The quantitative estimate of drug-likeness (QED) is 0.859. The summed E-state index contributed by atoms with van der Waals surface area (Å²) >= 11 is 0. The van der Waals surface area contributed by atoms with Crippen LogP contribution in [-0.4, -0.2) is 53.1 Å². The van der Waals surface area contributed by atoms with Gasteiger partial charge in [-0.25, -0.2) is 4.79 Å². The highest BCUT2D eigenvalue weighted by Gasteiger charge is 2.14. The molecule has 122 valence electrons. The number of rotatable bonds is 6. The Hall–Kier alpha value is -2.60. The van der Waals surface area contributed by atoms with Crippen molar-refractivity contribution in [3.05, 3.63) is 54.4 Å². The van der Waals surface area contributed by atoms with Crippen molar-refractivity contribution in [1.29, 1.82) is 0 Å². The van der Waals surface area contributed by atoms with E-state index >= 15 is 0 Å². The Labute approximate surface area is 136 Å². The molecule has 6 heteroatoms. The molecule has 2 aromatic rings. The normalized spacial score (nSPS) is 10.6. The van der Waals surface area contributed by atoms with Gasteiger partial charge in [0.25, 0.3) is 0 Å². The molecule has 0 atom stereocenters. The maximum Gasteiger partial charge on any atom is 0.322 e. The van der Waals surface area contributed by atoms with Crippen LogP contribution in [0.5, 0.6) is 5.75 Å². The second-order valence-electron chi connectivity index (χ2n) is 5.57. The van der Waals surface area contributed by atoms with E-state index in [-0.39, 0.29) is 11.8 Å². The molecule has 0 aliphatic rings. The van der Waals surface area contributed by atoms with Crippen LogP contribution in [0.1, 0.15) is 5.56 Å². The molecule has 0 fully saturated rings. The van der Waals surface area contributed by atoms with Gasteiger partial charge in [-0.3, -0.25) is 4.98 Å². The first-order valence-corrected chi connectivity index (χ1v) is 7.43. The van der Waals surface area contributed by atoms with E-state index in [4.69, 9.17) is 0 Å². The number of hydrogen-bond donors (Lipinski definition) is 2. The maximum atomic E-state index is 12.5. The van der Waals surface area contributed by atoms with Gasteiger partial charge in [0, 0.05) is 25.8 Å². The Balaban J connectivity index is 2.07. The summed E-state index contributed by atoms with van der Waals surface area (Å²) in [6, 6.07) is 10.3. The number of urea groups is 1. The molecule has 2 N–H and O–H groups in total. The molecule has 23 heavy (non-hydrogen) atoms. The highest BCUT2D eigenvalue weighted by molar-refractivity contribution is 5.89.